The number of aromatic nitrogens is 1. The molecule has 5 nitrogen and oxygen atoms in total. The predicted molar refractivity (Wildman–Crippen MR) is 101 cm³/mol. The van der Waals surface area contributed by atoms with Gasteiger partial charge in [-0.2, -0.15) is 0 Å². The Hall–Kier alpha value is -2.80. The van der Waals surface area contributed by atoms with E-state index >= 15 is 0 Å². The number of amides is 2. The van der Waals surface area contributed by atoms with Crippen molar-refractivity contribution in [1.82, 2.24) is 9.88 Å². The fraction of sp³-hybridized carbons (Fsp3) is 0.211. The normalized spacial score (nSPS) is 10.7. The molecule has 134 valence electrons. The molecule has 7 heteroatoms. The summed E-state index contributed by atoms with van der Waals surface area (Å²) >= 11 is 1.57. The summed E-state index contributed by atoms with van der Waals surface area (Å²) in [5.74, 6) is -0.937. The minimum absolute atomic E-state index is 0.0881. The van der Waals surface area contributed by atoms with Gasteiger partial charge >= 0.3 is 0 Å². The number of hydrogen-bond acceptors (Lipinski definition) is 4. The molecule has 0 bridgehead atoms. The maximum Gasteiger partial charge on any atom is 0.243 e. The van der Waals surface area contributed by atoms with Crippen molar-refractivity contribution in [2.24, 2.45) is 0 Å². The Morgan fingerprint density at radius 2 is 2.00 bits per heavy atom. The second kappa shape index (κ2) is 8.05. The van der Waals surface area contributed by atoms with E-state index in [1.807, 2.05) is 24.3 Å². The molecule has 1 N–H and O–H groups in total. The lowest BCUT2D eigenvalue weighted by molar-refractivity contribution is -0.133. The fourth-order valence-corrected chi connectivity index (χ4v) is 3.47. The first-order chi connectivity index (χ1) is 12.5. The summed E-state index contributed by atoms with van der Waals surface area (Å²) in [4.78, 5) is 30.1. The number of hydrogen-bond donors (Lipinski definition) is 1. The van der Waals surface area contributed by atoms with Gasteiger partial charge in [0, 0.05) is 25.6 Å². The van der Waals surface area contributed by atoms with E-state index in [1.54, 1.807) is 24.5 Å². The second-order valence-corrected chi connectivity index (χ2v) is 7.00. The highest BCUT2D eigenvalue weighted by atomic mass is 32.1. The predicted octanol–water partition coefficient (Wildman–Crippen LogP) is 3.47. The van der Waals surface area contributed by atoms with E-state index in [2.05, 4.69) is 10.3 Å². The number of thiazole rings is 1. The Labute approximate surface area is 154 Å². The van der Waals surface area contributed by atoms with Gasteiger partial charge in [0.25, 0.3) is 0 Å². The summed E-state index contributed by atoms with van der Waals surface area (Å²) in [7, 11) is 1.58. The van der Waals surface area contributed by atoms with Crippen LogP contribution in [-0.2, 0) is 16.0 Å². The number of fused-ring (bicyclic) bond motifs is 1. The van der Waals surface area contributed by atoms with Crippen LogP contribution in [0.15, 0.2) is 48.5 Å². The standard InChI is InChI=1S/C19H18FN3O2S/c1-23(12-17(24)21-14-6-4-5-13(20)11-14)19(25)10-9-18-22-15-7-2-3-8-16(15)26-18/h2-8,11H,9-10,12H2,1H3,(H,21,24). The van der Waals surface area contributed by atoms with Gasteiger partial charge in [-0.05, 0) is 30.3 Å². The second-order valence-electron chi connectivity index (χ2n) is 5.88. The van der Waals surface area contributed by atoms with E-state index in [9.17, 15) is 14.0 Å². The third-order valence-corrected chi connectivity index (χ3v) is 4.90. The summed E-state index contributed by atoms with van der Waals surface area (Å²) < 4.78 is 14.2. The molecule has 2 amide bonds. The zero-order valence-electron chi connectivity index (χ0n) is 14.2. The number of benzene rings is 2. The molecule has 26 heavy (non-hydrogen) atoms. The largest absolute Gasteiger partial charge is 0.336 e. The number of nitrogens with one attached hydrogen (secondary N) is 1. The molecule has 0 atom stereocenters. The number of aryl methyl sites for hydroxylation is 1. The first-order valence-corrected chi connectivity index (χ1v) is 8.97. The number of likely N-dealkylation sites (N-methyl/N-ethyl adjacent to an activating group) is 1. The van der Waals surface area contributed by atoms with Crippen molar-refractivity contribution < 1.29 is 14.0 Å². The third-order valence-electron chi connectivity index (χ3n) is 3.81. The lowest BCUT2D eigenvalue weighted by atomic mass is 10.2. The molecule has 3 rings (SSSR count). The van der Waals surface area contributed by atoms with Crippen LogP contribution < -0.4 is 5.32 Å². The van der Waals surface area contributed by atoms with Crippen LogP contribution in [0.4, 0.5) is 10.1 Å². The van der Waals surface area contributed by atoms with E-state index < -0.39 is 5.82 Å². The topological polar surface area (TPSA) is 62.3 Å². The Balaban J connectivity index is 1.50. The number of anilines is 1. The van der Waals surface area contributed by atoms with Crippen LogP contribution in [0.5, 0.6) is 0 Å². The Morgan fingerprint density at radius 1 is 1.19 bits per heavy atom. The molecule has 0 fully saturated rings. The van der Waals surface area contributed by atoms with Crippen molar-refractivity contribution in [3.63, 3.8) is 0 Å². The summed E-state index contributed by atoms with van der Waals surface area (Å²) in [5.41, 5.74) is 1.30. The maximum absolute atomic E-state index is 13.1. The van der Waals surface area contributed by atoms with E-state index in [-0.39, 0.29) is 24.8 Å². The molecule has 2 aromatic carbocycles. The molecule has 0 aliphatic rings. The third kappa shape index (κ3) is 4.64. The lowest BCUT2D eigenvalue weighted by Crippen LogP contribution is -2.35. The number of rotatable bonds is 6. The number of carbonyl (C=O) groups excluding carboxylic acids is 2. The number of carbonyl (C=O) groups is 2. The van der Waals surface area contributed by atoms with Gasteiger partial charge in [0.15, 0.2) is 0 Å². The molecule has 0 spiro atoms. The molecule has 3 aromatic rings. The molecular formula is C19H18FN3O2S. The molecule has 0 aliphatic carbocycles. The zero-order chi connectivity index (χ0) is 18.5. The van der Waals surface area contributed by atoms with E-state index in [4.69, 9.17) is 0 Å². The summed E-state index contributed by atoms with van der Waals surface area (Å²) in [5, 5.41) is 3.48. The minimum atomic E-state index is -0.428. The molecule has 0 saturated carbocycles. The van der Waals surface area contributed by atoms with Crippen LogP contribution in [0.25, 0.3) is 10.2 Å². The van der Waals surface area contributed by atoms with Crippen LogP contribution in [0.2, 0.25) is 0 Å². The SMILES string of the molecule is CN(CC(=O)Nc1cccc(F)c1)C(=O)CCc1nc2ccccc2s1. The summed E-state index contributed by atoms with van der Waals surface area (Å²) in [6.45, 7) is -0.0881. The minimum Gasteiger partial charge on any atom is -0.336 e. The van der Waals surface area contributed by atoms with Crippen LogP contribution in [0.3, 0.4) is 0 Å². The van der Waals surface area contributed by atoms with Crippen molar-refractivity contribution in [3.05, 3.63) is 59.4 Å². The van der Waals surface area contributed by atoms with Gasteiger partial charge in [0.1, 0.15) is 5.82 Å². The van der Waals surface area contributed by atoms with E-state index in [0.29, 0.717) is 12.1 Å². The van der Waals surface area contributed by atoms with Gasteiger partial charge in [-0.1, -0.05) is 18.2 Å². The Morgan fingerprint density at radius 3 is 2.77 bits per heavy atom. The van der Waals surface area contributed by atoms with Crippen molar-refractivity contribution in [2.75, 3.05) is 18.9 Å². The Kier molecular flexibility index (Phi) is 5.58. The highest BCUT2D eigenvalue weighted by Crippen LogP contribution is 2.22. The lowest BCUT2D eigenvalue weighted by Gasteiger charge is -2.16. The van der Waals surface area contributed by atoms with Crippen LogP contribution in [0.1, 0.15) is 11.4 Å². The smallest absolute Gasteiger partial charge is 0.243 e. The van der Waals surface area contributed by atoms with Gasteiger partial charge in [-0.15, -0.1) is 11.3 Å². The van der Waals surface area contributed by atoms with Gasteiger partial charge in [0.05, 0.1) is 21.8 Å². The van der Waals surface area contributed by atoms with Crippen LogP contribution in [-0.4, -0.2) is 35.3 Å². The monoisotopic (exact) mass is 371 g/mol. The Bertz CT molecular complexity index is 908. The van der Waals surface area contributed by atoms with Crippen LogP contribution in [0, 0.1) is 5.82 Å². The fourth-order valence-electron chi connectivity index (χ4n) is 2.50. The van der Waals surface area contributed by atoms with Gasteiger partial charge < -0.3 is 10.2 Å². The number of halogens is 1. The number of nitrogens with zero attached hydrogens (tertiary/aromatic N) is 2. The summed E-state index contributed by atoms with van der Waals surface area (Å²) in [6.07, 6.45) is 0.817. The van der Waals surface area contributed by atoms with E-state index in [1.165, 1.54) is 23.1 Å². The maximum atomic E-state index is 13.1. The quantitative estimate of drug-likeness (QED) is 0.722. The molecular weight excluding hydrogens is 353 g/mol. The average Bonchev–Trinajstić information content (AvgIpc) is 3.02. The van der Waals surface area contributed by atoms with Crippen molar-refractivity contribution in [3.8, 4) is 0 Å². The molecule has 0 radical (unpaired) electrons. The zero-order valence-corrected chi connectivity index (χ0v) is 15.1. The van der Waals surface area contributed by atoms with Crippen LogP contribution >= 0.6 is 11.3 Å². The molecule has 0 unspecified atom stereocenters. The highest BCUT2D eigenvalue weighted by molar-refractivity contribution is 7.18. The van der Waals surface area contributed by atoms with Crippen molar-refractivity contribution >= 4 is 39.1 Å². The van der Waals surface area contributed by atoms with Crippen molar-refractivity contribution in [2.45, 2.75) is 12.8 Å². The first-order valence-electron chi connectivity index (χ1n) is 8.15. The van der Waals surface area contributed by atoms with Gasteiger partial charge in [-0.25, -0.2) is 9.37 Å². The summed E-state index contributed by atoms with van der Waals surface area (Å²) in [6, 6.07) is 13.5. The molecule has 0 aliphatic heterocycles. The molecule has 0 saturated heterocycles. The highest BCUT2D eigenvalue weighted by Gasteiger charge is 2.14. The average molecular weight is 371 g/mol. The first kappa shape index (κ1) is 18.0. The van der Waals surface area contributed by atoms with Gasteiger partial charge in [-0.3, -0.25) is 9.59 Å². The molecule has 1 heterocycles. The molecule has 1 aromatic heterocycles. The van der Waals surface area contributed by atoms with Crippen molar-refractivity contribution in [1.29, 1.82) is 0 Å². The van der Waals surface area contributed by atoms with E-state index in [0.717, 1.165) is 15.2 Å². The number of para-hydroxylation sites is 1. The van der Waals surface area contributed by atoms with Gasteiger partial charge in [0.2, 0.25) is 11.8 Å².